The second-order valence-electron chi connectivity index (χ2n) is 7.12. The second kappa shape index (κ2) is 7.32. The first-order valence-corrected chi connectivity index (χ1v) is 9.39. The molecule has 2 aliphatic rings. The summed E-state index contributed by atoms with van der Waals surface area (Å²) >= 11 is 0. The molecule has 6 nitrogen and oxygen atoms in total. The van der Waals surface area contributed by atoms with Gasteiger partial charge in [0.2, 0.25) is 5.91 Å². The summed E-state index contributed by atoms with van der Waals surface area (Å²) in [6.07, 6.45) is 9.41. The lowest BCUT2D eigenvalue weighted by atomic mass is 9.84. The van der Waals surface area contributed by atoms with Crippen LogP contribution in [0, 0.1) is 5.92 Å². The van der Waals surface area contributed by atoms with E-state index in [0.717, 1.165) is 31.5 Å². The highest BCUT2D eigenvalue weighted by atomic mass is 16.2. The van der Waals surface area contributed by atoms with Gasteiger partial charge in [-0.3, -0.25) is 9.59 Å². The molecule has 0 radical (unpaired) electrons. The van der Waals surface area contributed by atoms with Crippen molar-refractivity contribution < 1.29 is 9.59 Å². The Labute approximate surface area is 153 Å². The molecule has 1 aromatic heterocycles. The molecule has 1 saturated heterocycles. The first kappa shape index (κ1) is 16.8. The Morgan fingerprint density at radius 2 is 1.65 bits per heavy atom. The summed E-state index contributed by atoms with van der Waals surface area (Å²) in [5.74, 6) is 0.559. The van der Waals surface area contributed by atoms with Gasteiger partial charge < -0.3 is 14.4 Å². The highest BCUT2D eigenvalue weighted by molar-refractivity contribution is 5.94. The molecular weight excluding hydrogens is 328 g/mol. The van der Waals surface area contributed by atoms with Crippen molar-refractivity contribution in [3.8, 4) is 5.69 Å². The molecule has 6 heteroatoms. The van der Waals surface area contributed by atoms with Crippen LogP contribution < -0.4 is 0 Å². The van der Waals surface area contributed by atoms with Crippen molar-refractivity contribution in [2.45, 2.75) is 25.7 Å². The van der Waals surface area contributed by atoms with Crippen LogP contribution in [0.1, 0.15) is 36.0 Å². The smallest absolute Gasteiger partial charge is 0.253 e. The van der Waals surface area contributed by atoms with Gasteiger partial charge >= 0.3 is 0 Å². The lowest BCUT2D eigenvalue weighted by molar-refractivity contribution is -0.138. The number of nitrogens with zero attached hydrogens (tertiary/aromatic N) is 4. The summed E-state index contributed by atoms with van der Waals surface area (Å²) in [5, 5.41) is 0. The summed E-state index contributed by atoms with van der Waals surface area (Å²) < 4.78 is 1.91. The summed E-state index contributed by atoms with van der Waals surface area (Å²) in [6, 6.07) is 7.58. The van der Waals surface area contributed by atoms with E-state index in [4.69, 9.17) is 0 Å². The van der Waals surface area contributed by atoms with Gasteiger partial charge in [-0.25, -0.2) is 4.98 Å². The fourth-order valence-electron chi connectivity index (χ4n) is 3.62. The number of hydrogen-bond donors (Lipinski definition) is 0. The number of benzene rings is 1. The zero-order valence-electron chi connectivity index (χ0n) is 14.9. The molecule has 0 unspecified atom stereocenters. The van der Waals surface area contributed by atoms with Gasteiger partial charge in [0.25, 0.3) is 5.91 Å². The maximum atomic E-state index is 12.8. The van der Waals surface area contributed by atoms with Gasteiger partial charge in [-0.1, -0.05) is 6.42 Å². The first-order valence-electron chi connectivity index (χ1n) is 9.39. The van der Waals surface area contributed by atoms with Crippen molar-refractivity contribution in [1.82, 2.24) is 19.4 Å². The topological polar surface area (TPSA) is 58.4 Å². The van der Waals surface area contributed by atoms with E-state index in [2.05, 4.69) is 4.98 Å². The lowest BCUT2D eigenvalue weighted by Crippen LogP contribution is -2.41. The van der Waals surface area contributed by atoms with E-state index >= 15 is 0 Å². The Balaban J connectivity index is 1.39. The van der Waals surface area contributed by atoms with E-state index in [1.54, 1.807) is 12.5 Å². The molecule has 2 amide bonds. The van der Waals surface area contributed by atoms with Crippen LogP contribution in [0.15, 0.2) is 43.0 Å². The lowest BCUT2D eigenvalue weighted by Gasteiger charge is -2.31. The van der Waals surface area contributed by atoms with Crippen molar-refractivity contribution in [3.63, 3.8) is 0 Å². The monoisotopic (exact) mass is 352 g/mol. The molecule has 1 aromatic carbocycles. The predicted molar refractivity (Wildman–Crippen MR) is 98.0 cm³/mol. The number of carbonyl (C=O) groups is 2. The standard InChI is InChI=1S/C20H24N4O2/c25-19(16-3-1-4-16)22-10-2-11-23(14-13-22)20(26)17-5-7-18(8-6-17)24-12-9-21-15-24/h5-9,12,15-16H,1-4,10-11,13-14H2. The number of imidazole rings is 1. The van der Waals surface area contributed by atoms with E-state index in [1.807, 2.05) is 44.8 Å². The van der Waals surface area contributed by atoms with E-state index in [-0.39, 0.29) is 17.7 Å². The fourth-order valence-corrected chi connectivity index (χ4v) is 3.62. The largest absolute Gasteiger partial charge is 0.341 e. The predicted octanol–water partition coefficient (Wildman–Crippen LogP) is 2.35. The molecule has 136 valence electrons. The molecule has 0 spiro atoms. The van der Waals surface area contributed by atoms with E-state index < -0.39 is 0 Å². The number of carbonyl (C=O) groups excluding carboxylic acids is 2. The molecule has 1 saturated carbocycles. The number of rotatable bonds is 3. The SMILES string of the molecule is O=C(c1ccc(-n2ccnc2)cc1)N1CCCN(C(=O)C2CCC2)CC1. The minimum Gasteiger partial charge on any atom is -0.341 e. The van der Waals surface area contributed by atoms with Gasteiger partial charge in [-0.2, -0.15) is 0 Å². The van der Waals surface area contributed by atoms with Gasteiger partial charge in [-0.05, 0) is 43.5 Å². The summed E-state index contributed by atoms with van der Waals surface area (Å²) in [5.41, 5.74) is 1.67. The molecule has 0 atom stereocenters. The molecule has 4 rings (SSSR count). The van der Waals surface area contributed by atoms with Crippen molar-refractivity contribution in [3.05, 3.63) is 48.5 Å². The fraction of sp³-hybridized carbons (Fsp3) is 0.450. The summed E-state index contributed by atoms with van der Waals surface area (Å²) in [6.45, 7) is 2.73. The van der Waals surface area contributed by atoms with Gasteiger partial charge in [0, 0.05) is 55.7 Å². The maximum absolute atomic E-state index is 12.8. The third kappa shape index (κ3) is 3.36. The Morgan fingerprint density at radius 3 is 2.31 bits per heavy atom. The molecule has 2 fully saturated rings. The summed E-state index contributed by atoms with van der Waals surface area (Å²) in [7, 11) is 0. The van der Waals surface area contributed by atoms with Crippen LogP contribution in [-0.2, 0) is 4.79 Å². The Hall–Kier alpha value is -2.63. The minimum atomic E-state index is 0.0418. The molecule has 2 aromatic rings. The second-order valence-corrected chi connectivity index (χ2v) is 7.12. The number of aromatic nitrogens is 2. The van der Waals surface area contributed by atoms with Crippen molar-refractivity contribution in [2.75, 3.05) is 26.2 Å². The highest BCUT2D eigenvalue weighted by Gasteiger charge is 2.31. The average molecular weight is 352 g/mol. The zero-order chi connectivity index (χ0) is 17.9. The van der Waals surface area contributed by atoms with Crippen LogP contribution in [0.2, 0.25) is 0 Å². The van der Waals surface area contributed by atoms with Gasteiger partial charge in [0.1, 0.15) is 0 Å². The van der Waals surface area contributed by atoms with Gasteiger partial charge in [0.05, 0.1) is 6.33 Å². The third-order valence-electron chi connectivity index (χ3n) is 5.47. The quantitative estimate of drug-likeness (QED) is 0.852. The van der Waals surface area contributed by atoms with Crippen LogP contribution in [0.25, 0.3) is 5.69 Å². The Kier molecular flexibility index (Phi) is 4.73. The molecule has 26 heavy (non-hydrogen) atoms. The molecule has 1 aliphatic heterocycles. The van der Waals surface area contributed by atoms with Crippen LogP contribution in [-0.4, -0.2) is 57.3 Å². The molecule has 2 heterocycles. The van der Waals surface area contributed by atoms with Crippen molar-refractivity contribution in [1.29, 1.82) is 0 Å². The Bertz CT molecular complexity index is 766. The molecule has 1 aliphatic carbocycles. The van der Waals surface area contributed by atoms with Crippen molar-refractivity contribution in [2.24, 2.45) is 5.92 Å². The average Bonchev–Trinajstić information content (AvgIpc) is 3.04. The van der Waals surface area contributed by atoms with E-state index in [1.165, 1.54) is 6.42 Å². The number of amides is 2. The van der Waals surface area contributed by atoms with Gasteiger partial charge in [-0.15, -0.1) is 0 Å². The van der Waals surface area contributed by atoms with Gasteiger partial charge in [0.15, 0.2) is 0 Å². The van der Waals surface area contributed by atoms with E-state index in [0.29, 0.717) is 25.2 Å². The maximum Gasteiger partial charge on any atom is 0.253 e. The number of hydrogen-bond acceptors (Lipinski definition) is 3. The van der Waals surface area contributed by atoms with Crippen molar-refractivity contribution >= 4 is 11.8 Å². The van der Waals surface area contributed by atoms with Crippen LogP contribution in [0.3, 0.4) is 0 Å². The molecule has 0 bridgehead atoms. The van der Waals surface area contributed by atoms with Crippen LogP contribution >= 0.6 is 0 Å². The molecule has 0 N–H and O–H groups in total. The van der Waals surface area contributed by atoms with Crippen LogP contribution in [0.5, 0.6) is 0 Å². The third-order valence-corrected chi connectivity index (χ3v) is 5.47. The van der Waals surface area contributed by atoms with E-state index in [9.17, 15) is 9.59 Å². The zero-order valence-corrected chi connectivity index (χ0v) is 14.9. The normalized spacial score (nSPS) is 18.3. The molecular formula is C20H24N4O2. The Morgan fingerprint density at radius 1 is 0.923 bits per heavy atom. The summed E-state index contributed by atoms with van der Waals surface area (Å²) in [4.78, 5) is 33.1. The first-order chi connectivity index (χ1) is 12.7. The highest BCUT2D eigenvalue weighted by Crippen LogP contribution is 2.28. The minimum absolute atomic E-state index is 0.0418. The van der Waals surface area contributed by atoms with Crippen LogP contribution in [0.4, 0.5) is 0 Å².